The van der Waals surface area contributed by atoms with Crippen molar-refractivity contribution in [2.75, 3.05) is 13.1 Å². The quantitative estimate of drug-likeness (QED) is 0.620. The predicted molar refractivity (Wildman–Crippen MR) is 74.3 cm³/mol. The Labute approximate surface area is 124 Å². The van der Waals surface area contributed by atoms with E-state index in [0.29, 0.717) is 19.4 Å². The Kier molecular flexibility index (Phi) is 4.54. The van der Waals surface area contributed by atoms with Crippen molar-refractivity contribution >= 4 is 17.6 Å². The standard InChI is InChI=1S/C13H15N3O6/c17-11-4-3-10(16(21)22)7-15(11)8-12(18)14-5-1-2-9(6-14)13(19)20/h3-4,7,9H,1-2,5-6,8H2,(H,19,20). The van der Waals surface area contributed by atoms with E-state index in [0.717, 1.165) is 22.9 Å². The fourth-order valence-electron chi connectivity index (χ4n) is 2.40. The van der Waals surface area contributed by atoms with E-state index in [-0.39, 0.29) is 18.8 Å². The highest BCUT2D eigenvalue weighted by molar-refractivity contribution is 5.78. The summed E-state index contributed by atoms with van der Waals surface area (Å²) in [6.45, 7) is 0.178. The van der Waals surface area contributed by atoms with Crippen LogP contribution in [-0.4, -0.2) is 44.5 Å². The van der Waals surface area contributed by atoms with Gasteiger partial charge in [0.1, 0.15) is 6.54 Å². The van der Waals surface area contributed by atoms with E-state index >= 15 is 0 Å². The first-order valence-corrected chi connectivity index (χ1v) is 6.74. The van der Waals surface area contributed by atoms with Gasteiger partial charge in [-0.1, -0.05) is 0 Å². The lowest BCUT2D eigenvalue weighted by Gasteiger charge is -2.30. The Hall–Kier alpha value is -2.71. The molecule has 2 heterocycles. The monoisotopic (exact) mass is 309 g/mol. The molecule has 0 radical (unpaired) electrons. The van der Waals surface area contributed by atoms with Gasteiger partial charge in [0.05, 0.1) is 17.0 Å². The molecule has 2 rings (SSSR count). The average molecular weight is 309 g/mol. The molecule has 1 atom stereocenters. The second kappa shape index (κ2) is 6.37. The Balaban J connectivity index is 2.11. The molecule has 9 heteroatoms. The summed E-state index contributed by atoms with van der Waals surface area (Å²) in [6, 6.07) is 2.10. The number of aliphatic carboxylic acids is 1. The van der Waals surface area contributed by atoms with Gasteiger partial charge >= 0.3 is 5.97 Å². The molecular formula is C13H15N3O6. The fourth-order valence-corrected chi connectivity index (χ4v) is 2.40. The van der Waals surface area contributed by atoms with Gasteiger partial charge < -0.3 is 10.0 Å². The summed E-state index contributed by atoms with van der Waals surface area (Å²) < 4.78 is 0.963. The molecule has 1 amide bonds. The minimum Gasteiger partial charge on any atom is -0.481 e. The van der Waals surface area contributed by atoms with E-state index in [2.05, 4.69) is 0 Å². The lowest BCUT2D eigenvalue weighted by molar-refractivity contribution is -0.385. The van der Waals surface area contributed by atoms with Crippen molar-refractivity contribution in [2.24, 2.45) is 5.92 Å². The first kappa shape index (κ1) is 15.7. The van der Waals surface area contributed by atoms with Crippen molar-refractivity contribution < 1.29 is 19.6 Å². The Morgan fingerprint density at radius 2 is 2.14 bits per heavy atom. The first-order valence-electron chi connectivity index (χ1n) is 6.74. The van der Waals surface area contributed by atoms with Crippen LogP contribution in [0.4, 0.5) is 5.69 Å². The molecule has 1 aromatic heterocycles. The maximum Gasteiger partial charge on any atom is 0.308 e. The smallest absolute Gasteiger partial charge is 0.308 e. The van der Waals surface area contributed by atoms with E-state index < -0.39 is 28.3 Å². The first-order chi connectivity index (χ1) is 10.4. The van der Waals surface area contributed by atoms with Crippen LogP contribution in [0.3, 0.4) is 0 Å². The Morgan fingerprint density at radius 3 is 2.77 bits per heavy atom. The lowest BCUT2D eigenvalue weighted by atomic mass is 9.98. The van der Waals surface area contributed by atoms with Crippen LogP contribution in [0.15, 0.2) is 23.1 Å². The van der Waals surface area contributed by atoms with Crippen LogP contribution in [0.5, 0.6) is 0 Å². The van der Waals surface area contributed by atoms with E-state index in [4.69, 9.17) is 5.11 Å². The van der Waals surface area contributed by atoms with Gasteiger partial charge in [-0.05, 0) is 12.8 Å². The topological polar surface area (TPSA) is 123 Å². The van der Waals surface area contributed by atoms with Gasteiger partial charge in [0, 0.05) is 25.2 Å². The number of hydrogen-bond donors (Lipinski definition) is 1. The number of amides is 1. The second-order valence-electron chi connectivity index (χ2n) is 5.13. The van der Waals surface area contributed by atoms with Gasteiger partial charge in [-0.15, -0.1) is 0 Å². The third-order valence-corrected chi connectivity index (χ3v) is 3.61. The summed E-state index contributed by atoms with van der Waals surface area (Å²) >= 11 is 0. The Morgan fingerprint density at radius 1 is 1.41 bits per heavy atom. The summed E-state index contributed by atoms with van der Waals surface area (Å²) in [5.41, 5.74) is -0.805. The van der Waals surface area contributed by atoms with Gasteiger partial charge in [0.15, 0.2) is 0 Å². The highest BCUT2D eigenvalue weighted by Gasteiger charge is 2.28. The molecule has 0 spiro atoms. The summed E-state index contributed by atoms with van der Waals surface area (Å²) in [6.07, 6.45) is 2.10. The highest BCUT2D eigenvalue weighted by atomic mass is 16.6. The van der Waals surface area contributed by atoms with E-state index in [1.165, 1.54) is 4.90 Å². The molecular weight excluding hydrogens is 294 g/mol. The molecule has 118 valence electrons. The summed E-state index contributed by atoms with van der Waals surface area (Å²) in [7, 11) is 0. The number of likely N-dealkylation sites (tertiary alicyclic amines) is 1. The zero-order chi connectivity index (χ0) is 16.3. The van der Waals surface area contributed by atoms with Crippen LogP contribution in [0, 0.1) is 16.0 Å². The van der Waals surface area contributed by atoms with Gasteiger partial charge in [-0.25, -0.2) is 0 Å². The minimum absolute atomic E-state index is 0.0951. The van der Waals surface area contributed by atoms with Crippen LogP contribution >= 0.6 is 0 Å². The molecule has 0 aliphatic carbocycles. The van der Waals surface area contributed by atoms with Crippen molar-refractivity contribution in [3.8, 4) is 0 Å². The SMILES string of the molecule is O=C(O)C1CCCN(C(=O)Cn2cc([N+](=O)[O-])ccc2=O)C1. The normalized spacial score (nSPS) is 18.0. The zero-order valence-electron chi connectivity index (χ0n) is 11.7. The molecule has 0 aromatic carbocycles. The third-order valence-electron chi connectivity index (χ3n) is 3.61. The highest BCUT2D eigenvalue weighted by Crippen LogP contribution is 2.17. The third kappa shape index (κ3) is 3.48. The van der Waals surface area contributed by atoms with Crippen LogP contribution in [0.25, 0.3) is 0 Å². The zero-order valence-corrected chi connectivity index (χ0v) is 11.7. The van der Waals surface area contributed by atoms with Gasteiger partial charge in [-0.2, -0.15) is 0 Å². The number of hydrogen-bond acceptors (Lipinski definition) is 5. The number of aromatic nitrogens is 1. The van der Waals surface area contributed by atoms with Crippen molar-refractivity contribution in [2.45, 2.75) is 19.4 Å². The number of piperidine rings is 1. The molecule has 1 aliphatic heterocycles. The molecule has 0 saturated carbocycles. The number of rotatable bonds is 4. The Bertz CT molecular complexity index is 668. The average Bonchev–Trinajstić information content (AvgIpc) is 2.49. The number of carbonyl (C=O) groups excluding carboxylic acids is 1. The van der Waals surface area contributed by atoms with Crippen LogP contribution < -0.4 is 5.56 Å². The van der Waals surface area contributed by atoms with Crippen molar-refractivity contribution in [3.63, 3.8) is 0 Å². The molecule has 1 N–H and O–H groups in total. The summed E-state index contributed by atoms with van der Waals surface area (Å²) in [5, 5.41) is 19.7. The van der Waals surface area contributed by atoms with Crippen LogP contribution in [0.1, 0.15) is 12.8 Å². The van der Waals surface area contributed by atoms with Gasteiger partial charge in [-0.3, -0.25) is 29.1 Å². The number of nitrogens with zero attached hydrogens (tertiary/aromatic N) is 3. The van der Waals surface area contributed by atoms with Gasteiger partial charge in [0.25, 0.3) is 11.2 Å². The van der Waals surface area contributed by atoms with Crippen molar-refractivity contribution in [1.29, 1.82) is 0 Å². The molecule has 0 bridgehead atoms. The number of carboxylic acids is 1. The predicted octanol–water partition coefficient (Wildman–Crippen LogP) is 0.0797. The fraction of sp³-hybridized carbons (Fsp3) is 0.462. The summed E-state index contributed by atoms with van der Waals surface area (Å²) in [5.74, 6) is -1.99. The van der Waals surface area contributed by atoms with Crippen molar-refractivity contribution in [1.82, 2.24) is 9.47 Å². The molecule has 22 heavy (non-hydrogen) atoms. The largest absolute Gasteiger partial charge is 0.481 e. The van der Waals surface area contributed by atoms with Gasteiger partial charge in [0.2, 0.25) is 5.91 Å². The van der Waals surface area contributed by atoms with Crippen LogP contribution in [0.2, 0.25) is 0 Å². The number of pyridine rings is 1. The van der Waals surface area contributed by atoms with E-state index in [1.807, 2.05) is 0 Å². The molecule has 1 fully saturated rings. The molecule has 9 nitrogen and oxygen atoms in total. The van der Waals surface area contributed by atoms with E-state index in [9.17, 15) is 24.5 Å². The number of nitro groups is 1. The second-order valence-corrected chi connectivity index (χ2v) is 5.13. The van der Waals surface area contributed by atoms with Crippen LogP contribution in [-0.2, 0) is 16.1 Å². The van der Waals surface area contributed by atoms with Crippen molar-refractivity contribution in [3.05, 3.63) is 38.8 Å². The number of carboxylic acid groups (broad SMARTS) is 1. The molecule has 1 unspecified atom stereocenters. The molecule has 1 saturated heterocycles. The van der Waals surface area contributed by atoms with E-state index in [1.54, 1.807) is 0 Å². The number of carbonyl (C=O) groups is 2. The summed E-state index contributed by atoms with van der Waals surface area (Å²) in [4.78, 5) is 46.3. The lowest BCUT2D eigenvalue weighted by Crippen LogP contribution is -2.44. The minimum atomic E-state index is -0.954. The maximum atomic E-state index is 12.2. The molecule has 1 aliphatic rings. The maximum absolute atomic E-state index is 12.2. The molecule has 1 aromatic rings.